The van der Waals surface area contributed by atoms with Crippen LogP contribution in [0.15, 0.2) is 42.5 Å². The van der Waals surface area contributed by atoms with Crippen LogP contribution in [0.25, 0.3) is 27.8 Å². The molecule has 1 radical (unpaired) electrons. The van der Waals surface area contributed by atoms with Gasteiger partial charge in [-0.3, -0.25) is 4.79 Å². The Kier molecular flexibility index (Phi) is 10.7. The number of carbonyl (C=O) groups excluding carboxylic acids is 1. The van der Waals surface area contributed by atoms with Crippen LogP contribution in [0.3, 0.4) is 0 Å². The monoisotopic (exact) mass is 651 g/mol. The van der Waals surface area contributed by atoms with Crippen molar-refractivity contribution in [1.29, 1.82) is 0 Å². The van der Waals surface area contributed by atoms with Crippen molar-refractivity contribution in [1.82, 2.24) is 4.98 Å². The Morgan fingerprint density at radius 2 is 1.74 bits per heavy atom. The second-order valence-corrected chi connectivity index (χ2v) is 8.98. The molecule has 0 saturated heterocycles. The van der Waals surface area contributed by atoms with E-state index in [4.69, 9.17) is 4.74 Å². The van der Waals surface area contributed by atoms with Gasteiger partial charge in [-0.15, -0.1) is 28.6 Å². The first kappa shape index (κ1) is 28.7. The van der Waals surface area contributed by atoms with Gasteiger partial charge in [0.05, 0.1) is 12.0 Å². The maximum absolute atomic E-state index is 11.7. The summed E-state index contributed by atoms with van der Waals surface area (Å²) in [6, 6.07) is 9.68. The van der Waals surface area contributed by atoms with Gasteiger partial charge in [-0.2, -0.15) is 0 Å². The molecule has 2 heterocycles. The minimum atomic E-state index is 0. The molecule has 0 unspecified atom stereocenters. The number of hydrogen-bond acceptors (Lipinski definition) is 4. The molecule has 2 aromatic carbocycles. The molecule has 0 amide bonds. The van der Waals surface area contributed by atoms with E-state index < -0.39 is 0 Å². The van der Waals surface area contributed by atoms with E-state index in [2.05, 4.69) is 37.0 Å². The van der Waals surface area contributed by atoms with Crippen LogP contribution in [-0.2, 0) is 24.9 Å². The minimum Gasteiger partial charge on any atom is -0.512 e. The zero-order valence-electron chi connectivity index (χ0n) is 21.6. The largest absolute Gasteiger partial charge is 0.512 e. The SMILES string of the molecule is CCC(CC)C(=O)/C=C(\O)C(CC)CC.Cc1[c-]c2c(cc3c4c(ccnc42)C=CO3)c(C)c1.[Ir]. The molecular formula is C30H36IrNO3-. The van der Waals surface area contributed by atoms with E-state index in [9.17, 15) is 9.90 Å². The average Bonchev–Trinajstić information content (AvgIpc) is 2.82. The predicted octanol–water partition coefficient (Wildman–Crippen LogP) is 8.04. The van der Waals surface area contributed by atoms with E-state index in [-0.39, 0.29) is 43.5 Å². The van der Waals surface area contributed by atoms with Crippen molar-refractivity contribution in [2.75, 3.05) is 0 Å². The Morgan fingerprint density at radius 3 is 2.37 bits per heavy atom. The van der Waals surface area contributed by atoms with Crippen LogP contribution in [0, 0.1) is 31.7 Å². The standard InChI is InChI=1S/C17H12NO.C13H24O2.Ir/c1-10-7-11(2)13-9-15-16-12(4-6-19-15)3-5-18-17(16)14(13)8-10;1-5-10(6-2)12(14)9-13(15)11(7-3)8-4;/h3-7,9H,1-2H3;9-11,14H,5-8H2,1-4H3;/q-1;;/b;12-9-;. The summed E-state index contributed by atoms with van der Waals surface area (Å²) in [6.07, 6.45) is 10.5. The fourth-order valence-corrected chi connectivity index (χ4v) is 4.59. The molecule has 0 bridgehead atoms. The molecule has 0 atom stereocenters. The van der Waals surface area contributed by atoms with Crippen LogP contribution in [0.2, 0.25) is 0 Å². The van der Waals surface area contributed by atoms with Crippen molar-refractivity contribution < 1.29 is 34.7 Å². The number of carbonyl (C=O) groups is 1. The van der Waals surface area contributed by atoms with E-state index in [1.807, 2.05) is 46.0 Å². The number of fused-ring (bicyclic) bond motifs is 2. The van der Waals surface area contributed by atoms with Gasteiger partial charge in [0.15, 0.2) is 5.78 Å². The van der Waals surface area contributed by atoms with E-state index >= 15 is 0 Å². The van der Waals surface area contributed by atoms with Gasteiger partial charge in [0.1, 0.15) is 5.75 Å². The van der Waals surface area contributed by atoms with E-state index in [0.29, 0.717) is 0 Å². The molecule has 1 aliphatic heterocycles. The summed E-state index contributed by atoms with van der Waals surface area (Å²) in [5.74, 6) is 1.43. The quantitative estimate of drug-likeness (QED) is 0.122. The summed E-state index contributed by atoms with van der Waals surface area (Å²) < 4.78 is 5.65. The van der Waals surface area contributed by atoms with Gasteiger partial charge in [0.2, 0.25) is 0 Å². The van der Waals surface area contributed by atoms with Gasteiger partial charge >= 0.3 is 0 Å². The molecule has 0 spiro atoms. The summed E-state index contributed by atoms with van der Waals surface area (Å²) in [6.45, 7) is 12.3. The van der Waals surface area contributed by atoms with Crippen LogP contribution in [-0.4, -0.2) is 15.9 Å². The average molecular weight is 651 g/mol. The predicted molar refractivity (Wildman–Crippen MR) is 141 cm³/mol. The van der Waals surface area contributed by atoms with Gasteiger partial charge in [-0.05, 0) is 43.4 Å². The molecular weight excluding hydrogens is 615 g/mol. The van der Waals surface area contributed by atoms with Crippen LogP contribution >= 0.6 is 0 Å². The number of aromatic nitrogens is 1. The van der Waals surface area contributed by atoms with Gasteiger partial charge < -0.3 is 14.8 Å². The maximum atomic E-state index is 11.7. The molecule has 1 aliphatic rings. The first-order valence-electron chi connectivity index (χ1n) is 12.4. The number of hydrogen-bond donors (Lipinski definition) is 1. The molecule has 3 aromatic rings. The zero-order valence-corrected chi connectivity index (χ0v) is 24.0. The van der Waals surface area contributed by atoms with Crippen molar-refractivity contribution in [3.8, 4) is 5.75 Å². The molecule has 1 N–H and O–H groups in total. The molecule has 5 heteroatoms. The molecule has 189 valence electrons. The number of allylic oxidation sites excluding steroid dienone is 2. The third-order valence-electron chi connectivity index (χ3n) is 6.72. The number of ether oxygens (including phenoxy) is 1. The van der Waals surface area contributed by atoms with Gasteiger partial charge in [-0.1, -0.05) is 53.0 Å². The number of pyridine rings is 1. The number of benzene rings is 2. The summed E-state index contributed by atoms with van der Waals surface area (Å²) in [5, 5.41) is 13.1. The molecule has 0 aliphatic carbocycles. The van der Waals surface area contributed by atoms with Crippen LogP contribution in [0.5, 0.6) is 5.75 Å². The van der Waals surface area contributed by atoms with Crippen molar-refractivity contribution in [2.24, 2.45) is 11.8 Å². The first-order chi connectivity index (χ1) is 16.3. The van der Waals surface area contributed by atoms with Crippen LogP contribution in [0.1, 0.15) is 70.1 Å². The van der Waals surface area contributed by atoms with Gasteiger partial charge in [0.25, 0.3) is 0 Å². The van der Waals surface area contributed by atoms with Crippen molar-refractivity contribution in [3.05, 3.63) is 65.2 Å². The van der Waals surface area contributed by atoms with Crippen molar-refractivity contribution in [3.63, 3.8) is 0 Å². The molecule has 4 rings (SSSR count). The second kappa shape index (κ2) is 13.0. The Labute approximate surface area is 222 Å². The van der Waals surface area contributed by atoms with Crippen LogP contribution in [0.4, 0.5) is 0 Å². The molecule has 0 saturated carbocycles. The van der Waals surface area contributed by atoms with Crippen molar-refractivity contribution in [2.45, 2.75) is 67.2 Å². The second-order valence-electron chi connectivity index (χ2n) is 8.98. The summed E-state index contributed by atoms with van der Waals surface area (Å²) in [4.78, 5) is 16.3. The first-order valence-corrected chi connectivity index (χ1v) is 12.4. The normalized spacial score (nSPS) is 12.4. The molecule has 4 nitrogen and oxygen atoms in total. The third kappa shape index (κ3) is 6.39. The fraction of sp³-hybridized carbons (Fsp3) is 0.400. The topological polar surface area (TPSA) is 59.4 Å². The molecule has 0 fully saturated rings. The fourth-order valence-electron chi connectivity index (χ4n) is 4.59. The Bertz CT molecular complexity index is 1240. The third-order valence-corrected chi connectivity index (χ3v) is 6.72. The van der Waals surface area contributed by atoms with E-state index in [1.54, 1.807) is 6.26 Å². The number of aliphatic hydroxyl groups is 1. The maximum Gasteiger partial charge on any atom is 0.162 e. The zero-order chi connectivity index (χ0) is 24.8. The number of aryl methyl sites for hydroxylation is 2. The minimum absolute atomic E-state index is 0. The Hall–Kier alpha value is -2.49. The number of ketones is 1. The smallest absolute Gasteiger partial charge is 0.162 e. The van der Waals surface area contributed by atoms with Crippen LogP contribution < -0.4 is 4.74 Å². The number of rotatable bonds is 7. The van der Waals surface area contributed by atoms with E-state index in [0.717, 1.165) is 64.2 Å². The summed E-state index contributed by atoms with van der Waals surface area (Å²) >= 11 is 0. The van der Waals surface area contributed by atoms with Crippen molar-refractivity contribution >= 4 is 33.5 Å². The Balaban J connectivity index is 0.000000249. The summed E-state index contributed by atoms with van der Waals surface area (Å²) in [5.41, 5.74) is 4.50. The molecule has 35 heavy (non-hydrogen) atoms. The number of nitrogens with zero attached hydrogens (tertiary/aromatic N) is 1. The number of aliphatic hydroxyl groups excluding tert-OH is 1. The molecule has 1 aromatic heterocycles. The van der Waals surface area contributed by atoms with E-state index in [1.165, 1.54) is 11.6 Å². The Morgan fingerprint density at radius 1 is 1.09 bits per heavy atom. The summed E-state index contributed by atoms with van der Waals surface area (Å²) in [7, 11) is 0. The van der Waals surface area contributed by atoms with Gasteiger partial charge in [0, 0.05) is 55.1 Å². The van der Waals surface area contributed by atoms with Gasteiger partial charge in [-0.25, -0.2) is 0 Å².